The standard InChI is InChI=1S/C13H17FN2O2/c14-11-10(4-3-7-15-11)12(18)16-8-13(9-17)5-1-2-6-13/h3-4,7,17H,1-2,5-6,8-9H2,(H,16,18). The fraction of sp³-hybridized carbons (Fsp3) is 0.538. The number of carbonyl (C=O) groups excluding carboxylic acids is 1. The maximum atomic E-state index is 13.3. The molecule has 0 spiro atoms. The van der Waals surface area contributed by atoms with E-state index in [9.17, 15) is 14.3 Å². The summed E-state index contributed by atoms with van der Waals surface area (Å²) in [5.74, 6) is -1.24. The summed E-state index contributed by atoms with van der Waals surface area (Å²) in [7, 11) is 0. The molecule has 1 aliphatic rings. The van der Waals surface area contributed by atoms with Gasteiger partial charge in [0.05, 0.1) is 12.2 Å². The van der Waals surface area contributed by atoms with Crippen LogP contribution >= 0.6 is 0 Å². The zero-order valence-corrected chi connectivity index (χ0v) is 10.2. The van der Waals surface area contributed by atoms with E-state index >= 15 is 0 Å². The molecule has 1 heterocycles. The molecule has 0 bridgehead atoms. The summed E-state index contributed by atoms with van der Waals surface area (Å²) in [6, 6.07) is 2.92. The highest BCUT2D eigenvalue weighted by atomic mass is 19.1. The molecule has 1 aromatic rings. The van der Waals surface area contributed by atoms with E-state index in [4.69, 9.17) is 0 Å². The van der Waals surface area contributed by atoms with Gasteiger partial charge in [0.2, 0.25) is 5.95 Å². The molecule has 1 amide bonds. The van der Waals surface area contributed by atoms with Gasteiger partial charge in [-0.2, -0.15) is 4.39 Å². The van der Waals surface area contributed by atoms with E-state index < -0.39 is 11.9 Å². The average molecular weight is 252 g/mol. The highest BCUT2D eigenvalue weighted by Crippen LogP contribution is 2.36. The number of amides is 1. The maximum Gasteiger partial charge on any atom is 0.255 e. The van der Waals surface area contributed by atoms with Crippen molar-refractivity contribution in [1.82, 2.24) is 10.3 Å². The molecule has 0 unspecified atom stereocenters. The zero-order valence-electron chi connectivity index (χ0n) is 10.2. The van der Waals surface area contributed by atoms with Gasteiger partial charge in [0.1, 0.15) is 0 Å². The number of carbonyl (C=O) groups is 1. The van der Waals surface area contributed by atoms with E-state index in [0.29, 0.717) is 6.54 Å². The molecule has 5 heteroatoms. The summed E-state index contributed by atoms with van der Waals surface area (Å²) in [6.07, 6.45) is 5.24. The van der Waals surface area contributed by atoms with Crippen molar-refractivity contribution in [2.45, 2.75) is 25.7 Å². The summed E-state index contributed by atoms with van der Waals surface area (Å²) >= 11 is 0. The van der Waals surface area contributed by atoms with Crippen LogP contribution in [0.1, 0.15) is 36.0 Å². The first kappa shape index (κ1) is 13.0. The summed E-state index contributed by atoms with van der Waals surface area (Å²) in [5.41, 5.74) is -0.280. The number of aliphatic hydroxyl groups excluding tert-OH is 1. The highest BCUT2D eigenvalue weighted by molar-refractivity contribution is 5.94. The van der Waals surface area contributed by atoms with Crippen molar-refractivity contribution in [1.29, 1.82) is 0 Å². The van der Waals surface area contributed by atoms with Crippen molar-refractivity contribution in [2.24, 2.45) is 5.41 Å². The van der Waals surface area contributed by atoms with Crippen molar-refractivity contribution in [3.05, 3.63) is 29.8 Å². The second-order valence-corrected chi connectivity index (χ2v) is 4.89. The number of rotatable bonds is 4. The van der Waals surface area contributed by atoms with Gasteiger partial charge in [-0.3, -0.25) is 4.79 Å². The van der Waals surface area contributed by atoms with E-state index in [1.165, 1.54) is 18.3 Å². The van der Waals surface area contributed by atoms with Crippen LogP contribution < -0.4 is 5.32 Å². The predicted octanol–water partition coefficient (Wildman–Crippen LogP) is 1.50. The van der Waals surface area contributed by atoms with Crippen LogP contribution in [0.4, 0.5) is 4.39 Å². The third-order valence-corrected chi connectivity index (χ3v) is 3.63. The van der Waals surface area contributed by atoms with Crippen LogP contribution in [0.2, 0.25) is 0 Å². The predicted molar refractivity (Wildman–Crippen MR) is 64.5 cm³/mol. The summed E-state index contributed by atoms with van der Waals surface area (Å²) in [5, 5.41) is 12.1. The minimum absolute atomic E-state index is 0.0522. The van der Waals surface area contributed by atoms with Crippen molar-refractivity contribution in [2.75, 3.05) is 13.2 Å². The third kappa shape index (κ3) is 2.67. The minimum atomic E-state index is -0.764. The monoisotopic (exact) mass is 252 g/mol. The number of aliphatic hydroxyl groups is 1. The van der Waals surface area contributed by atoms with Crippen LogP contribution in [0.5, 0.6) is 0 Å². The van der Waals surface area contributed by atoms with E-state index in [-0.39, 0.29) is 17.6 Å². The molecule has 0 aromatic carbocycles. The number of pyridine rings is 1. The molecule has 1 saturated carbocycles. The van der Waals surface area contributed by atoms with Gasteiger partial charge in [-0.15, -0.1) is 0 Å². The second kappa shape index (κ2) is 5.44. The second-order valence-electron chi connectivity index (χ2n) is 4.89. The highest BCUT2D eigenvalue weighted by Gasteiger charge is 2.33. The van der Waals surface area contributed by atoms with E-state index in [1.54, 1.807) is 0 Å². The van der Waals surface area contributed by atoms with Crippen LogP contribution in [0.15, 0.2) is 18.3 Å². The summed E-state index contributed by atoms with van der Waals surface area (Å²) in [6.45, 7) is 0.444. The largest absolute Gasteiger partial charge is 0.396 e. The van der Waals surface area contributed by atoms with Gasteiger partial charge in [0, 0.05) is 18.2 Å². The summed E-state index contributed by atoms with van der Waals surface area (Å²) in [4.78, 5) is 15.2. The topological polar surface area (TPSA) is 62.2 Å². The Balaban J connectivity index is 1.98. The van der Waals surface area contributed by atoms with Gasteiger partial charge in [0.25, 0.3) is 5.91 Å². The van der Waals surface area contributed by atoms with Gasteiger partial charge in [-0.1, -0.05) is 12.8 Å². The van der Waals surface area contributed by atoms with Crippen molar-refractivity contribution >= 4 is 5.91 Å². The lowest BCUT2D eigenvalue weighted by Gasteiger charge is -2.26. The Morgan fingerprint density at radius 1 is 1.50 bits per heavy atom. The van der Waals surface area contributed by atoms with Gasteiger partial charge in [-0.05, 0) is 25.0 Å². The Kier molecular flexibility index (Phi) is 3.91. The van der Waals surface area contributed by atoms with Crippen molar-refractivity contribution < 1.29 is 14.3 Å². The number of aromatic nitrogens is 1. The van der Waals surface area contributed by atoms with Crippen LogP contribution in [-0.4, -0.2) is 29.1 Å². The molecular formula is C13H17FN2O2. The number of nitrogens with one attached hydrogen (secondary N) is 1. The van der Waals surface area contributed by atoms with E-state index in [0.717, 1.165) is 25.7 Å². The minimum Gasteiger partial charge on any atom is -0.396 e. The van der Waals surface area contributed by atoms with Crippen molar-refractivity contribution in [3.63, 3.8) is 0 Å². The molecule has 4 nitrogen and oxygen atoms in total. The van der Waals surface area contributed by atoms with Crippen LogP contribution in [0.25, 0.3) is 0 Å². The molecule has 2 rings (SSSR count). The quantitative estimate of drug-likeness (QED) is 0.798. The van der Waals surface area contributed by atoms with Gasteiger partial charge in [0.15, 0.2) is 0 Å². The molecule has 2 N–H and O–H groups in total. The van der Waals surface area contributed by atoms with E-state index in [1.807, 2.05) is 0 Å². The Bertz CT molecular complexity index is 431. The van der Waals surface area contributed by atoms with E-state index in [2.05, 4.69) is 10.3 Å². The number of halogens is 1. The molecule has 98 valence electrons. The van der Waals surface area contributed by atoms with Crippen molar-refractivity contribution in [3.8, 4) is 0 Å². The summed E-state index contributed by atoms with van der Waals surface area (Å²) < 4.78 is 13.3. The van der Waals surface area contributed by atoms with Gasteiger partial charge < -0.3 is 10.4 Å². The average Bonchev–Trinajstić information content (AvgIpc) is 2.86. The molecule has 1 aromatic heterocycles. The lowest BCUT2D eigenvalue weighted by Crippen LogP contribution is -2.38. The lowest BCUT2D eigenvalue weighted by molar-refractivity contribution is 0.0876. The number of hydrogen-bond donors (Lipinski definition) is 2. The van der Waals surface area contributed by atoms with Gasteiger partial charge >= 0.3 is 0 Å². The number of nitrogens with zero attached hydrogens (tertiary/aromatic N) is 1. The third-order valence-electron chi connectivity index (χ3n) is 3.63. The maximum absolute atomic E-state index is 13.3. The first-order chi connectivity index (χ1) is 8.67. The number of hydrogen-bond acceptors (Lipinski definition) is 3. The van der Waals surface area contributed by atoms with Crippen LogP contribution in [-0.2, 0) is 0 Å². The Morgan fingerprint density at radius 3 is 2.83 bits per heavy atom. The first-order valence-electron chi connectivity index (χ1n) is 6.16. The molecule has 1 fully saturated rings. The SMILES string of the molecule is O=C(NCC1(CO)CCCC1)c1cccnc1F. The Hall–Kier alpha value is -1.49. The first-order valence-corrected chi connectivity index (χ1v) is 6.16. The molecule has 0 saturated heterocycles. The lowest BCUT2D eigenvalue weighted by atomic mass is 9.87. The normalized spacial score (nSPS) is 17.7. The fourth-order valence-corrected chi connectivity index (χ4v) is 2.43. The molecule has 0 atom stereocenters. The molecular weight excluding hydrogens is 235 g/mol. The smallest absolute Gasteiger partial charge is 0.255 e. The zero-order chi connectivity index (χ0) is 13.0. The Morgan fingerprint density at radius 2 is 2.22 bits per heavy atom. The molecule has 0 aliphatic heterocycles. The molecule has 18 heavy (non-hydrogen) atoms. The van der Waals surface area contributed by atoms with Gasteiger partial charge in [-0.25, -0.2) is 4.98 Å². The Labute approximate surface area is 105 Å². The van der Waals surface area contributed by atoms with Crippen LogP contribution in [0.3, 0.4) is 0 Å². The molecule has 0 radical (unpaired) electrons. The molecule has 1 aliphatic carbocycles. The fourth-order valence-electron chi connectivity index (χ4n) is 2.43. The van der Waals surface area contributed by atoms with Crippen LogP contribution in [0, 0.1) is 11.4 Å².